The van der Waals surface area contributed by atoms with Crippen LogP contribution >= 0.6 is 11.3 Å². The molecule has 2 atom stereocenters. The third kappa shape index (κ3) is 2.53. The zero-order valence-corrected chi connectivity index (χ0v) is 13.1. The SMILES string of the molecule is O=C1C2CN(Cc3ccsc3)CC2CCN1c1cncnc1. The van der Waals surface area contributed by atoms with Crippen LogP contribution in [0.15, 0.2) is 35.5 Å². The molecule has 2 aliphatic rings. The van der Waals surface area contributed by atoms with Gasteiger partial charge in [-0.05, 0) is 34.7 Å². The number of thiophene rings is 1. The first-order valence-corrected chi connectivity index (χ1v) is 8.55. The smallest absolute Gasteiger partial charge is 0.231 e. The molecule has 0 aliphatic carbocycles. The summed E-state index contributed by atoms with van der Waals surface area (Å²) in [6.07, 6.45) is 6.01. The number of amides is 1. The first kappa shape index (κ1) is 13.8. The molecule has 0 radical (unpaired) electrons. The van der Waals surface area contributed by atoms with E-state index in [0.29, 0.717) is 5.92 Å². The first-order valence-electron chi connectivity index (χ1n) is 7.61. The van der Waals surface area contributed by atoms with Gasteiger partial charge in [0.15, 0.2) is 0 Å². The van der Waals surface area contributed by atoms with E-state index >= 15 is 0 Å². The summed E-state index contributed by atoms with van der Waals surface area (Å²) < 4.78 is 0. The number of rotatable bonds is 3. The molecule has 2 aromatic heterocycles. The molecule has 5 nitrogen and oxygen atoms in total. The highest BCUT2D eigenvalue weighted by molar-refractivity contribution is 7.07. The Morgan fingerprint density at radius 2 is 2.14 bits per heavy atom. The molecule has 0 N–H and O–H groups in total. The number of nitrogens with zero attached hydrogens (tertiary/aromatic N) is 4. The molecule has 0 aromatic carbocycles. The summed E-state index contributed by atoms with van der Waals surface area (Å²) in [4.78, 5) is 25.1. The Morgan fingerprint density at radius 3 is 2.91 bits per heavy atom. The maximum atomic E-state index is 12.8. The van der Waals surface area contributed by atoms with Crippen molar-refractivity contribution >= 4 is 22.9 Å². The van der Waals surface area contributed by atoms with Gasteiger partial charge in [-0.3, -0.25) is 9.69 Å². The van der Waals surface area contributed by atoms with Gasteiger partial charge in [0.1, 0.15) is 6.33 Å². The fourth-order valence-corrected chi connectivity index (χ4v) is 4.25. The van der Waals surface area contributed by atoms with Crippen LogP contribution in [0.1, 0.15) is 12.0 Å². The van der Waals surface area contributed by atoms with Gasteiger partial charge >= 0.3 is 0 Å². The van der Waals surface area contributed by atoms with Crippen molar-refractivity contribution in [2.45, 2.75) is 13.0 Å². The zero-order chi connectivity index (χ0) is 14.9. The van der Waals surface area contributed by atoms with Crippen LogP contribution in [-0.2, 0) is 11.3 Å². The van der Waals surface area contributed by atoms with Crippen LogP contribution in [0, 0.1) is 11.8 Å². The van der Waals surface area contributed by atoms with Crippen molar-refractivity contribution < 1.29 is 4.79 Å². The summed E-state index contributed by atoms with van der Waals surface area (Å²) in [5.74, 6) is 0.846. The normalized spacial score (nSPS) is 25.5. The molecule has 2 fully saturated rings. The number of fused-ring (bicyclic) bond motifs is 1. The van der Waals surface area contributed by atoms with E-state index in [-0.39, 0.29) is 11.8 Å². The van der Waals surface area contributed by atoms with Crippen LogP contribution in [-0.4, -0.2) is 40.4 Å². The Kier molecular flexibility index (Phi) is 3.63. The maximum Gasteiger partial charge on any atom is 0.231 e. The van der Waals surface area contributed by atoms with Crippen LogP contribution in [0.25, 0.3) is 0 Å². The molecule has 6 heteroatoms. The van der Waals surface area contributed by atoms with Gasteiger partial charge in [-0.1, -0.05) is 0 Å². The van der Waals surface area contributed by atoms with Gasteiger partial charge in [-0.25, -0.2) is 9.97 Å². The molecule has 114 valence electrons. The highest BCUT2D eigenvalue weighted by Gasteiger charge is 2.43. The summed E-state index contributed by atoms with van der Waals surface area (Å²) in [6, 6.07) is 2.17. The topological polar surface area (TPSA) is 49.3 Å². The predicted octanol–water partition coefficient (Wildman–Crippen LogP) is 2.02. The minimum Gasteiger partial charge on any atom is -0.309 e. The summed E-state index contributed by atoms with van der Waals surface area (Å²) in [5, 5.41) is 4.30. The van der Waals surface area contributed by atoms with Crippen molar-refractivity contribution in [3.8, 4) is 0 Å². The standard InChI is InChI=1S/C16H18N4OS/c21-16-15-9-19(7-12-2-4-22-10-12)8-13(15)1-3-20(16)14-5-17-11-18-6-14/h2,4-6,10-11,13,15H,1,3,7-9H2. The van der Waals surface area contributed by atoms with Gasteiger partial charge in [0.25, 0.3) is 0 Å². The maximum absolute atomic E-state index is 12.8. The lowest BCUT2D eigenvalue weighted by Gasteiger charge is -2.33. The number of piperidine rings is 1. The van der Waals surface area contributed by atoms with E-state index in [1.165, 1.54) is 11.9 Å². The van der Waals surface area contributed by atoms with Crippen molar-refractivity contribution in [1.82, 2.24) is 14.9 Å². The van der Waals surface area contributed by atoms with Crippen molar-refractivity contribution in [3.05, 3.63) is 41.1 Å². The molecule has 2 unspecified atom stereocenters. The van der Waals surface area contributed by atoms with E-state index in [1.807, 2.05) is 4.90 Å². The third-order valence-electron chi connectivity index (χ3n) is 4.67. The second kappa shape index (κ2) is 5.78. The molecule has 22 heavy (non-hydrogen) atoms. The Balaban J connectivity index is 1.47. The Hall–Kier alpha value is -1.79. The van der Waals surface area contributed by atoms with Gasteiger partial charge in [-0.2, -0.15) is 11.3 Å². The van der Waals surface area contributed by atoms with Crippen molar-refractivity contribution in [2.24, 2.45) is 11.8 Å². The van der Waals surface area contributed by atoms with Gasteiger partial charge in [0.05, 0.1) is 24.0 Å². The Morgan fingerprint density at radius 1 is 1.27 bits per heavy atom. The van der Waals surface area contributed by atoms with Crippen LogP contribution in [0.4, 0.5) is 5.69 Å². The van der Waals surface area contributed by atoms with E-state index < -0.39 is 0 Å². The monoisotopic (exact) mass is 314 g/mol. The van der Waals surface area contributed by atoms with E-state index in [9.17, 15) is 4.79 Å². The molecule has 2 saturated heterocycles. The minimum absolute atomic E-state index is 0.118. The van der Waals surface area contributed by atoms with E-state index in [2.05, 4.69) is 31.7 Å². The Bertz CT molecular complexity index is 645. The fraction of sp³-hybridized carbons (Fsp3) is 0.438. The highest BCUT2D eigenvalue weighted by atomic mass is 32.1. The molecule has 0 spiro atoms. The molecule has 0 saturated carbocycles. The molecule has 2 aromatic rings. The Labute approximate surface area is 133 Å². The number of carbonyl (C=O) groups is 1. The molecule has 4 heterocycles. The molecule has 2 aliphatic heterocycles. The lowest BCUT2D eigenvalue weighted by molar-refractivity contribution is -0.124. The third-order valence-corrected chi connectivity index (χ3v) is 5.40. The number of hydrogen-bond donors (Lipinski definition) is 0. The van der Waals surface area contributed by atoms with Crippen molar-refractivity contribution in [1.29, 1.82) is 0 Å². The minimum atomic E-state index is 0.118. The van der Waals surface area contributed by atoms with Gasteiger partial charge < -0.3 is 4.90 Å². The number of anilines is 1. The summed E-state index contributed by atoms with van der Waals surface area (Å²) in [5.41, 5.74) is 2.17. The van der Waals surface area contributed by atoms with Gasteiger partial charge in [0, 0.05) is 26.2 Å². The summed E-state index contributed by atoms with van der Waals surface area (Å²) in [7, 11) is 0. The highest BCUT2D eigenvalue weighted by Crippen LogP contribution is 2.34. The van der Waals surface area contributed by atoms with Crippen LogP contribution < -0.4 is 4.90 Å². The summed E-state index contributed by atoms with van der Waals surface area (Å²) in [6.45, 7) is 3.63. The fourth-order valence-electron chi connectivity index (χ4n) is 3.60. The second-order valence-electron chi connectivity index (χ2n) is 6.07. The molecule has 0 bridgehead atoms. The van der Waals surface area contributed by atoms with Crippen LogP contribution in [0.3, 0.4) is 0 Å². The quantitative estimate of drug-likeness (QED) is 0.870. The molecular weight excluding hydrogens is 296 g/mol. The lowest BCUT2D eigenvalue weighted by Crippen LogP contribution is -2.45. The number of hydrogen-bond acceptors (Lipinski definition) is 5. The van der Waals surface area contributed by atoms with E-state index in [4.69, 9.17) is 0 Å². The first-order chi connectivity index (χ1) is 10.8. The average Bonchev–Trinajstić information content (AvgIpc) is 3.19. The second-order valence-corrected chi connectivity index (χ2v) is 6.85. The number of carbonyl (C=O) groups excluding carboxylic acids is 1. The van der Waals surface area contributed by atoms with Gasteiger partial charge in [-0.15, -0.1) is 0 Å². The van der Waals surface area contributed by atoms with Crippen LogP contribution in [0.2, 0.25) is 0 Å². The zero-order valence-electron chi connectivity index (χ0n) is 12.3. The van der Waals surface area contributed by atoms with E-state index in [0.717, 1.165) is 38.3 Å². The summed E-state index contributed by atoms with van der Waals surface area (Å²) >= 11 is 1.73. The number of aromatic nitrogens is 2. The molecule has 4 rings (SSSR count). The van der Waals surface area contributed by atoms with Gasteiger partial charge in [0.2, 0.25) is 5.91 Å². The number of likely N-dealkylation sites (tertiary alicyclic amines) is 1. The lowest BCUT2D eigenvalue weighted by atomic mass is 9.88. The van der Waals surface area contributed by atoms with E-state index in [1.54, 1.807) is 23.7 Å². The van der Waals surface area contributed by atoms with Crippen molar-refractivity contribution in [3.63, 3.8) is 0 Å². The average molecular weight is 314 g/mol. The molecule has 1 amide bonds. The van der Waals surface area contributed by atoms with Crippen LogP contribution in [0.5, 0.6) is 0 Å². The molecular formula is C16H18N4OS. The van der Waals surface area contributed by atoms with Crippen molar-refractivity contribution in [2.75, 3.05) is 24.5 Å². The largest absolute Gasteiger partial charge is 0.309 e. The predicted molar refractivity (Wildman–Crippen MR) is 85.6 cm³/mol.